The van der Waals surface area contributed by atoms with E-state index >= 15 is 0 Å². The molecule has 4 atom stereocenters. The fourth-order valence-electron chi connectivity index (χ4n) is 2.94. The number of carbonyl (C=O) groups excluding carboxylic acids is 2. The van der Waals surface area contributed by atoms with E-state index in [9.17, 15) is 19.8 Å². The third kappa shape index (κ3) is 7.10. The summed E-state index contributed by atoms with van der Waals surface area (Å²) in [6.07, 6.45) is -3.13. The average Bonchev–Trinajstić information content (AvgIpc) is 2.62. The minimum Gasteiger partial charge on any atom is -0.458 e. The maximum Gasteiger partial charge on any atom is 0.407 e. The van der Waals surface area contributed by atoms with E-state index < -0.39 is 42.0 Å². The Morgan fingerprint density at radius 3 is 2.43 bits per heavy atom. The summed E-state index contributed by atoms with van der Waals surface area (Å²) in [7, 11) is 0. The Morgan fingerprint density at radius 2 is 1.79 bits per heavy atom. The molecule has 1 saturated carbocycles. The smallest absolute Gasteiger partial charge is 0.407 e. The summed E-state index contributed by atoms with van der Waals surface area (Å²) in [5, 5.41) is 23.1. The van der Waals surface area contributed by atoms with Gasteiger partial charge in [-0.25, -0.2) is 9.59 Å². The molecule has 3 N–H and O–H groups in total. The number of rotatable bonds is 6. The second kappa shape index (κ2) is 9.86. The van der Waals surface area contributed by atoms with Crippen LogP contribution in [0.5, 0.6) is 0 Å². The van der Waals surface area contributed by atoms with Crippen LogP contribution in [0.15, 0.2) is 30.3 Å². The Bertz CT molecular complexity index is 644. The van der Waals surface area contributed by atoms with Crippen molar-refractivity contribution in [3.8, 4) is 0 Å². The van der Waals surface area contributed by atoms with Crippen molar-refractivity contribution in [2.75, 3.05) is 6.61 Å². The van der Waals surface area contributed by atoms with Gasteiger partial charge in [0.1, 0.15) is 31.0 Å². The van der Waals surface area contributed by atoms with E-state index in [1.54, 1.807) is 20.8 Å². The van der Waals surface area contributed by atoms with Crippen LogP contribution >= 0.6 is 0 Å². The highest BCUT2D eigenvalue weighted by Crippen LogP contribution is 2.23. The fraction of sp³-hybridized carbons (Fsp3) is 0.600. The van der Waals surface area contributed by atoms with Gasteiger partial charge in [0, 0.05) is 0 Å². The van der Waals surface area contributed by atoms with Gasteiger partial charge in [0.05, 0.1) is 12.1 Å². The first-order valence-corrected chi connectivity index (χ1v) is 9.32. The van der Waals surface area contributed by atoms with Crippen molar-refractivity contribution in [2.45, 2.75) is 70.2 Å². The maximum absolute atomic E-state index is 11.9. The van der Waals surface area contributed by atoms with Crippen LogP contribution in [0.1, 0.15) is 39.2 Å². The zero-order chi connectivity index (χ0) is 20.7. The molecule has 4 unspecified atom stereocenters. The molecule has 0 spiro atoms. The number of ether oxygens (including phenoxy) is 3. The molecule has 0 radical (unpaired) electrons. The SMILES string of the molecule is CC(C)(C)OC(=O)COC1CCC(NC(=O)OCc2ccccc2)C(O)C1O. The Balaban J connectivity index is 1.76. The second-order valence-corrected chi connectivity index (χ2v) is 7.81. The zero-order valence-corrected chi connectivity index (χ0v) is 16.5. The molecule has 156 valence electrons. The largest absolute Gasteiger partial charge is 0.458 e. The molecule has 1 aromatic rings. The number of alkyl carbamates (subject to hydrolysis) is 1. The maximum atomic E-state index is 11.9. The molecule has 2 rings (SSSR count). The van der Waals surface area contributed by atoms with Crippen LogP contribution in [0.25, 0.3) is 0 Å². The lowest BCUT2D eigenvalue weighted by molar-refractivity contribution is -0.170. The number of aliphatic hydroxyl groups excluding tert-OH is 2. The van der Waals surface area contributed by atoms with Gasteiger partial charge < -0.3 is 29.7 Å². The summed E-state index contributed by atoms with van der Waals surface area (Å²) >= 11 is 0. The second-order valence-electron chi connectivity index (χ2n) is 7.81. The minimum atomic E-state index is -1.24. The highest BCUT2D eigenvalue weighted by atomic mass is 16.6. The monoisotopic (exact) mass is 395 g/mol. The zero-order valence-electron chi connectivity index (χ0n) is 16.5. The number of benzene rings is 1. The van der Waals surface area contributed by atoms with Crippen LogP contribution in [0, 0.1) is 0 Å². The number of aliphatic hydroxyl groups is 2. The number of nitrogens with one attached hydrogen (secondary N) is 1. The molecule has 0 saturated heterocycles. The van der Waals surface area contributed by atoms with Crippen molar-refractivity contribution >= 4 is 12.1 Å². The molecule has 8 nitrogen and oxygen atoms in total. The number of amides is 1. The molecule has 1 aliphatic carbocycles. The number of hydrogen-bond acceptors (Lipinski definition) is 7. The number of carbonyl (C=O) groups is 2. The lowest BCUT2D eigenvalue weighted by Crippen LogP contribution is -2.56. The lowest BCUT2D eigenvalue weighted by Gasteiger charge is -2.37. The molecule has 0 heterocycles. The van der Waals surface area contributed by atoms with Crippen molar-refractivity contribution in [2.24, 2.45) is 0 Å². The fourth-order valence-corrected chi connectivity index (χ4v) is 2.94. The van der Waals surface area contributed by atoms with Gasteiger partial charge >= 0.3 is 12.1 Å². The predicted molar refractivity (Wildman–Crippen MR) is 100 cm³/mol. The van der Waals surface area contributed by atoms with Crippen molar-refractivity contribution < 1.29 is 34.0 Å². The normalized spacial score (nSPS) is 25.0. The molecule has 1 aliphatic rings. The van der Waals surface area contributed by atoms with Crippen LogP contribution in [-0.4, -0.2) is 58.8 Å². The molecular weight excluding hydrogens is 366 g/mol. The molecule has 0 aromatic heterocycles. The first kappa shape index (κ1) is 22.1. The summed E-state index contributed by atoms with van der Waals surface area (Å²) in [6.45, 7) is 5.04. The van der Waals surface area contributed by atoms with Gasteiger partial charge in [-0.3, -0.25) is 0 Å². The van der Waals surface area contributed by atoms with Crippen LogP contribution < -0.4 is 5.32 Å². The Morgan fingerprint density at radius 1 is 1.11 bits per heavy atom. The molecule has 28 heavy (non-hydrogen) atoms. The van der Waals surface area contributed by atoms with Crippen molar-refractivity contribution in [1.29, 1.82) is 0 Å². The van der Waals surface area contributed by atoms with Gasteiger partial charge in [-0.05, 0) is 39.2 Å². The van der Waals surface area contributed by atoms with Gasteiger partial charge in [-0.1, -0.05) is 30.3 Å². The van der Waals surface area contributed by atoms with Crippen LogP contribution in [-0.2, 0) is 25.6 Å². The Kier molecular flexibility index (Phi) is 7.79. The summed E-state index contributed by atoms with van der Waals surface area (Å²) in [5.41, 5.74) is 0.220. The molecule has 8 heteroatoms. The first-order chi connectivity index (χ1) is 13.2. The van der Waals surface area contributed by atoms with Crippen molar-refractivity contribution in [1.82, 2.24) is 5.32 Å². The van der Waals surface area contributed by atoms with Crippen LogP contribution in [0.3, 0.4) is 0 Å². The molecule has 0 bridgehead atoms. The highest BCUT2D eigenvalue weighted by Gasteiger charge is 2.39. The summed E-state index contributed by atoms with van der Waals surface area (Å²) in [5.74, 6) is -0.543. The van der Waals surface area contributed by atoms with Crippen molar-refractivity contribution in [3.05, 3.63) is 35.9 Å². The van der Waals surface area contributed by atoms with E-state index in [1.165, 1.54) is 0 Å². The molecule has 1 aromatic carbocycles. The summed E-state index contributed by atoms with van der Waals surface area (Å²) in [4.78, 5) is 23.7. The summed E-state index contributed by atoms with van der Waals surface area (Å²) in [6, 6.07) is 8.55. The Labute approximate surface area is 164 Å². The third-order valence-electron chi connectivity index (χ3n) is 4.26. The van der Waals surface area contributed by atoms with Crippen LogP contribution in [0.2, 0.25) is 0 Å². The topological polar surface area (TPSA) is 114 Å². The van der Waals surface area contributed by atoms with E-state index in [0.717, 1.165) is 5.56 Å². The average molecular weight is 395 g/mol. The summed E-state index contributed by atoms with van der Waals surface area (Å²) < 4.78 is 15.7. The Hall–Kier alpha value is -2.16. The van der Waals surface area contributed by atoms with Crippen LogP contribution in [0.4, 0.5) is 4.79 Å². The van der Waals surface area contributed by atoms with E-state index in [-0.39, 0.29) is 13.2 Å². The van der Waals surface area contributed by atoms with Gasteiger partial charge in [0.15, 0.2) is 0 Å². The number of hydrogen-bond donors (Lipinski definition) is 3. The third-order valence-corrected chi connectivity index (χ3v) is 4.26. The van der Waals surface area contributed by atoms with Crippen molar-refractivity contribution in [3.63, 3.8) is 0 Å². The lowest BCUT2D eigenvalue weighted by atomic mass is 9.87. The van der Waals surface area contributed by atoms with Gasteiger partial charge in [0.2, 0.25) is 0 Å². The quantitative estimate of drug-likeness (QED) is 0.626. The van der Waals surface area contributed by atoms with E-state index in [0.29, 0.717) is 12.8 Å². The van der Waals surface area contributed by atoms with E-state index in [4.69, 9.17) is 14.2 Å². The standard InChI is InChI=1S/C20H29NO7/c1-20(2,3)28-16(22)12-26-15-10-9-14(17(23)18(15)24)21-19(25)27-11-13-7-5-4-6-8-13/h4-8,14-15,17-18,23-24H,9-12H2,1-3H3,(H,21,25). The van der Waals surface area contributed by atoms with E-state index in [1.807, 2.05) is 30.3 Å². The molecular formula is C20H29NO7. The number of esters is 1. The molecule has 1 amide bonds. The minimum absolute atomic E-state index is 0.111. The molecule has 0 aliphatic heterocycles. The highest BCUT2D eigenvalue weighted by molar-refractivity contribution is 5.71. The first-order valence-electron chi connectivity index (χ1n) is 9.32. The van der Waals surface area contributed by atoms with Gasteiger partial charge in [0.25, 0.3) is 0 Å². The molecule has 1 fully saturated rings. The van der Waals surface area contributed by atoms with Gasteiger partial charge in [-0.15, -0.1) is 0 Å². The predicted octanol–water partition coefficient (Wildman–Crippen LogP) is 1.52. The van der Waals surface area contributed by atoms with E-state index in [2.05, 4.69) is 5.32 Å². The van der Waals surface area contributed by atoms with Gasteiger partial charge in [-0.2, -0.15) is 0 Å².